The van der Waals surface area contributed by atoms with Crippen molar-refractivity contribution in [1.82, 2.24) is 0 Å². The first-order valence-corrected chi connectivity index (χ1v) is 8.59. The maximum absolute atomic E-state index is 11.4. The second-order valence-electron chi connectivity index (χ2n) is 8.02. The van der Waals surface area contributed by atoms with Crippen LogP contribution in [0, 0.1) is 0 Å². The number of esters is 1. The van der Waals surface area contributed by atoms with Crippen LogP contribution < -0.4 is 9.47 Å². The Morgan fingerprint density at radius 3 is 2.22 bits per heavy atom. The highest BCUT2D eigenvalue weighted by Crippen LogP contribution is 2.47. The maximum Gasteiger partial charge on any atom is 0.308 e. The molecule has 0 unspecified atom stereocenters. The van der Waals surface area contributed by atoms with Gasteiger partial charge >= 0.3 is 5.97 Å². The number of carbonyl (C=O) groups excluding carboxylic acids is 1. The van der Waals surface area contributed by atoms with Gasteiger partial charge in [0.15, 0.2) is 0 Å². The molecule has 3 nitrogen and oxygen atoms in total. The average Bonchev–Trinajstić information content (AvgIpc) is 2.45. The van der Waals surface area contributed by atoms with Crippen LogP contribution >= 0.6 is 0 Å². The lowest BCUT2D eigenvalue weighted by Crippen LogP contribution is -2.27. The molecule has 0 N–H and O–H groups in total. The molecular weight excluding hydrogens is 288 g/mol. The van der Waals surface area contributed by atoms with E-state index in [1.807, 2.05) is 12.1 Å². The third kappa shape index (κ3) is 3.88. The molecule has 0 radical (unpaired) electrons. The SMILES string of the molecule is COc1c(C(C)(C)C)cc(OC(C)=O)cc1C1(C)CCCCC1. The van der Waals surface area contributed by atoms with Crippen LogP contribution in [0.4, 0.5) is 0 Å². The van der Waals surface area contributed by atoms with Gasteiger partial charge in [-0.3, -0.25) is 4.79 Å². The van der Waals surface area contributed by atoms with Crippen molar-refractivity contribution in [3.8, 4) is 11.5 Å². The van der Waals surface area contributed by atoms with Crippen LogP contribution in [-0.4, -0.2) is 13.1 Å². The first kappa shape index (κ1) is 17.8. The Bertz CT molecular complexity index is 575. The summed E-state index contributed by atoms with van der Waals surface area (Å²) < 4.78 is 11.3. The van der Waals surface area contributed by atoms with E-state index in [0.717, 1.165) is 24.2 Å². The fourth-order valence-corrected chi connectivity index (χ4v) is 3.65. The van der Waals surface area contributed by atoms with E-state index in [0.29, 0.717) is 5.75 Å². The molecule has 1 aromatic carbocycles. The third-order valence-electron chi connectivity index (χ3n) is 4.94. The molecule has 0 spiro atoms. The quantitative estimate of drug-likeness (QED) is 0.572. The van der Waals surface area contributed by atoms with Gasteiger partial charge in [0.05, 0.1) is 7.11 Å². The molecule has 1 aliphatic carbocycles. The lowest BCUT2D eigenvalue weighted by atomic mass is 9.69. The Morgan fingerprint density at radius 1 is 1.13 bits per heavy atom. The zero-order valence-corrected chi connectivity index (χ0v) is 15.4. The van der Waals surface area contributed by atoms with Crippen LogP contribution in [0.3, 0.4) is 0 Å². The standard InChI is InChI=1S/C20H30O3/c1-14(21)23-15-12-16(19(2,3)4)18(22-6)17(13-15)20(5)10-8-7-9-11-20/h12-13H,7-11H2,1-6H3. The van der Waals surface area contributed by atoms with Gasteiger partial charge in [0.25, 0.3) is 0 Å². The number of carbonyl (C=O) groups is 1. The molecule has 23 heavy (non-hydrogen) atoms. The molecule has 1 aliphatic rings. The van der Waals surface area contributed by atoms with Gasteiger partial charge in [-0.25, -0.2) is 0 Å². The fourth-order valence-electron chi connectivity index (χ4n) is 3.65. The lowest BCUT2D eigenvalue weighted by molar-refractivity contribution is -0.131. The Labute approximate surface area is 140 Å². The minimum absolute atomic E-state index is 0.0821. The van der Waals surface area contributed by atoms with E-state index in [9.17, 15) is 4.79 Å². The van der Waals surface area contributed by atoms with Crippen molar-refractivity contribution in [2.45, 2.75) is 77.6 Å². The average molecular weight is 318 g/mol. The molecule has 128 valence electrons. The van der Waals surface area contributed by atoms with E-state index < -0.39 is 0 Å². The Balaban J connectivity index is 2.64. The van der Waals surface area contributed by atoms with Crippen molar-refractivity contribution in [3.05, 3.63) is 23.3 Å². The van der Waals surface area contributed by atoms with Crippen LogP contribution in [0.5, 0.6) is 11.5 Å². The van der Waals surface area contributed by atoms with Crippen molar-refractivity contribution in [1.29, 1.82) is 0 Å². The maximum atomic E-state index is 11.4. The minimum atomic E-state index is -0.283. The summed E-state index contributed by atoms with van der Waals surface area (Å²) in [5.74, 6) is 1.30. The molecule has 2 rings (SSSR count). The summed E-state index contributed by atoms with van der Waals surface area (Å²) in [7, 11) is 1.74. The van der Waals surface area contributed by atoms with Gasteiger partial charge in [0.2, 0.25) is 0 Å². The van der Waals surface area contributed by atoms with Crippen molar-refractivity contribution in [2.24, 2.45) is 0 Å². The third-order valence-corrected chi connectivity index (χ3v) is 4.94. The molecule has 0 saturated heterocycles. The normalized spacial score (nSPS) is 17.7. The highest BCUT2D eigenvalue weighted by atomic mass is 16.5. The summed E-state index contributed by atoms with van der Waals surface area (Å²) in [6, 6.07) is 3.97. The molecule has 0 bridgehead atoms. The van der Waals surface area contributed by atoms with Gasteiger partial charge in [-0.1, -0.05) is 47.0 Å². The van der Waals surface area contributed by atoms with Gasteiger partial charge in [-0.15, -0.1) is 0 Å². The highest BCUT2D eigenvalue weighted by molar-refractivity contribution is 5.70. The van der Waals surface area contributed by atoms with Crippen LogP contribution in [0.15, 0.2) is 12.1 Å². The summed E-state index contributed by atoms with van der Waals surface area (Å²) in [5.41, 5.74) is 2.28. The molecule has 3 heteroatoms. The van der Waals surface area contributed by atoms with E-state index in [-0.39, 0.29) is 16.8 Å². The smallest absolute Gasteiger partial charge is 0.308 e. The van der Waals surface area contributed by atoms with E-state index in [1.54, 1.807) is 7.11 Å². The Hall–Kier alpha value is -1.51. The number of hydrogen-bond acceptors (Lipinski definition) is 3. The molecular formula is C20H30O3. The van der Waals surface area contributed by atoms with E-state index in [2.05, 4.69) is 27.7 Å². The van der Waals surface area contributed by atoms with Crippen molar-refractivity contribution >= 4 is 5.97 Å². The molecule has 0 heterocycles. The number of ether oxygens (including phenoxy) is 2. The van der Waals surface area contributed by atoms with Crippen LogP contribution in [0.1, 0.15) is 77.8 Å². The van der Waals surface area contributed by atoms with E-state index in [4.69, 9.17) is 9.47 Å². The van der Waals surface area contributed by atoms with Crippen molar-refractivity contribution in [2.75, 3.05) is 7.11 Å². The molecule has 1 fully saturated rings. The number of methoxy groups -OCH3 is 1. The molecule has 1 aromatic rings. The van der Waals surface area contributed by atoms with Gasteiger partial charge in [-0.2, -0.15) is 0 Å². The second-order valence-corrected chi connectivity index (χ2v) is 8.02. The minimum Gasteiger partial charge on any atom is -0.496 e. The zero-order chi connectivity index (χ0) is 17.3. The molecule has 1 saturated carbocycles. The van der Waals surface area contributed by atoms with Gasteiger partial charge in [0, 0.05) is 18.1 Å². The molecule has 0 aromatic heterocycles. The van der Waals surface area contributed by atoms with Gasteiger partial charge in [-0.05, 0) is 35.8 Å². The van der Waals surface area contributed by atoms with Crippen molar-refractivity contribution < 1.29 is 14.3 Å². The monoisotopic (exact) mass is 318 g/mol. The fraction of sp³-hybridized carbons (Fsp3) is 0.650. The topological polar surface area (TPSA) is 35.5 Å². The van der Waals surface area contributed by atoms with Gasteiger partial charge < -0.3 is 9.47 Å². The van der Waals surface area contributed by atoms with E-state index >= 15 is 0 Å². The highest BCUT2D eigenvalue weighted by Gasteiger charge is 2.35. The predicted octanol–water partition coefficient (Wildman–Crippen LogP) is 5.14. The first-order valence-electron chi connectivity index (χ1n) is 8.59. The summed E-state index contributed by atoms with van der Waals surface area (Å²) in [5, 5.41) is 0. The second kappa shape index (κ2) is 6.54. The first-order chi connectivity index (χ1) is 10.7. The Morgan fingerprint density at radius 2 is 1.74 bits per heavy atom. The largest absolute Gasteiger partial charge is 0.496 e. The lowest BCUT2D eigenvalue weighted by Gasteiger charge is -2.37. The summed E-state index contributed by atoms with van der Waals surface area (Å²) >= 11 is 0. The molecule has 0 aliphatic heterocycles. The number of benzene rings is 1. The van der Waals surface area contributed by atoms with Crippen molar-refractivity contribution in [3.63, 3.8) is 0 Å². The van der Waals surface area contributed by atoms with Crippen LogP contribution in [-0.2, 0) is 15.6 Å². The number of rotatable bonds is 3. The van der Waals surface area contributed by atoms with Crippen LogP contribution in [0.25, 0.3) is 0 Å². The van der Waals surface area contributed by atoms with Gasteiger partial charge in [0.1, 0.15) is 11.5 Å². The Kier molecular flexibility index (Phi) is 5.07. The summed E-state index contributed by atoms with van der Waals surface area (Å²) in [6.45, 7) is 10.2. The summed E-state index contributed by atoms with van der Waals surface area (Å²) in [4.78, 5) is 11.4. The number of hydrogen-bond donors (Lipinski definition) is 0. The summed E-state index contributed by atoms with van der Waals surface area (Å²) in [6.07, 6.45) is 6.07. The predicted molar refractivity (Wildman–Crippen MR) is 93.4 cm³/mol. The molecule has 0 amide bonds. The van der Waals surface area contributed by atoms with Crippen LogP contribution in [0.2, 0.25) is 0 Å². The van der Waals surface area contributed by atoms with E-state index in [1.165, 1.54) is 31.7 Å². The molecule has 0 atom stereocenters. The zero-order valence-electron chi connectivity index (χ0n) is 15.4.